The first-order chi connectivity index (χ1) is 16.2. The van der Waals surface area contributed by atoms with Gasteiger partial charge < -0.3 is 0 Å². The van der Waals surface area contributed by atoms with Gasteiger partial charge in [-0.3, -0.25) is 9.59 Å². The number of hydrogen-bond acceptors (Lipinski definition) is 2. The van der Waals surface area contributed by atoms with E-state index in [2.05, 4.69) is 19.1 Å². The van der Waals surface area contributed by atoms with Crippen LogP contribution in [-0.4, -0.2) is 11.6 Å². The third-order valence-electron chi connectivity index (χ3n) is 6.95. The van der Waals surface area contributed by atoms with Crippen LogP contribution in [0.25, 0.3) is 0 Å². The highest BCUT2D eigenvalue weighted by atomic mass is 16.1. The Bertz CT molecular complexity index is 784. The number of benzene rings is 1. The van der Waals surface area contributed by atoms with Crippen LogP contribution in [0.3, 0.4) is 0 Å². The van der Waals surface area contributed by atoms with E-state index in [0.29, 0.717) is 28.7 Å². The highest BCUT2D eigenvalue weighted by molar-refractivity contribution is 6.26. The molecule has 0 spiro atoms. The SMILES string of the molecule is CCCCCCCCCCCCCCCCC/C=C/CC1=C(C)C(=O)c2ccccc2C1=O. The van der Waals surface area contributed by atoms with E-state index in [0.717, 1.165) is 6.42 Å². The Morgan fingerprint density at radius 3 is 1.58 bits per heavy atom. The quantitative estimate of drug-likeness (QED) is 0.165. The van der Waals surface area contributed by atoms with Gasteiger partial charge >= 0.3 is 0 Å². The Kier molecular flexibility index (Phi) is 13.7. The molecule has 2 heteroatoms. The number of rotatable bonds is 18. The van der Waals surface area contributed by atoms with Crippen molar-refractivity contribution in [1.29, 1.82) is 0 Å². The average molecular weight is 451 g/mol. The number of ketones is 2. The van der Waals surface area contributed by atoms with Gasteiger partial charge in [-0.1, -0.05) is 133 Å². The lowest BCUT2D eigenvalue weighted by Gasteiger charge is -2.17. The van der Waals surface area contributed by atoms with Crippen molar-refractivity contribution >= 4 is 11.6 Å². The normalized spacial score (nSPS) is 13.9. The van der Waals surface area contributed by atoms with Crippen molar-refractivity contribution in [1.82, 2.24) is 0 Å². The molecule has 2 rings (SSSR count). The maximum absolute atomic E-state index is 12.7. The molecule has 0 bridgehead atoms. The van der Waals surface area contributed by atoms with Gasteiger partial charge in [0.15, 0.2) is 11.6 Å². The molecular formula is C31H46O2. The number of carbonyl (C=O) groups excluding carboxylic acids is 2. The molecule has 1 aliphatic rings. The molecule has 33 heavy (non-hydrogen) atoms. The topological polar surface area (TPSA) is 34.1 Å². The minimum atomic E-state index is -0.00370. The van der Waals surface area contributed by atoms with Crippen molar-refractivity contribution in [2.75, 3.05) is 0 Å². The Balaban J connectivity index is 1.46. The fraction of sp³-hybridized carbons (Fsp3) is 0.613. The van der Waals surface area contributed by atoms with Gasteiger partial charge in [0.05, 0.1) is 0 Å². The molecule has 0 radical (unpaired) electrons. The van der Waals surface area contributed by atoms with Crippen molar-refractivity contribution in [3.05, 3.63) is 58.7 Å². The Morgan fingerprint density at radius 2 is 1.06 bits per heavy atom. The molecule has 0 saturated carbocycles. The first-order valence-corrected chi connectivity index (χ1v) is 13.7. The van der Waals surface area contributed by atoms with Gasteiger partial charge in [0.1, 0.15) is 0 Å². The van der Waals surface area contributed by atoms with Crippen LogP contribution < -0.4 is 0 Å². The summed E-state index contributed by atoms with van der Waals surface area (Å²) >= 11 is 0. The van der Waals surface area contributed by atoms with Crippen LogP contribution in [0.15, 0.2) is 47.6 Å². The molecule has 0 saturated heterocycles. The molecule has 0 fully saturated rings. The second-order valence-electron chi connectivity index (χ2n) is 9.72. The standard InChI is InChI=1S/C31H46O2/c1-3-4-5-6-7-8-9-10-11-12-13-14-15-16-17-18-19-20-23-27-26(2)30(32)28-24-21-22-25-29(28)31(27)33/h19-22,24-25H,3-18,23H2,1-2H3/b20-19+. The van der Waals surface area contributed by atoms with E-state index in [1.165, 1.54) is 96.3 Å². The Labute approximate surface area is 202 Å². The van der Waals surface area contributed by atoms with E-state index in [1.54, 1.807) is 19.1 Å². The zero-order chi connectivity index (χ0) is 23.7. The maximum atomic E-state index is 12.7. The largest absolute Gasteiger partial charge is 0.289 e. The second-order valence-corrected chi connectivity index (χ2v) is 9.72. The van der Waals surface area contributed by atoms with Crippen LogP contribution in [0.5, 0.6) is 0 Å². The molecule has 0 aromatic heterocycles. The fourth-order valence-corrected chi connectivity index (χ4v) is 4.75. The zero-order valence-electron chi connectivity index (χ0n) is 21.3. The van der Waals surface area contributed by atoms with Gasteiger partial charge in [0.2, 0.25) is 0 Å². The van der Waals surface area contributed by atoms with E-state index in [-0.39, 0.29) is 11.6 Å². The summed E-state index contributed by atoms with van der Waals surface area (Å²) in [6, 6.07) is 7.16. The van der Waals surface area contributed by atoms with Crippen LogP contribution in [-0.2, 0) is 0 Å². The predicted octanol–water partition coefficient (Wildman–Crippen LogP) is 9.59. The van der Waals surface area contributed by atoms with Crippen LogP contribution in [0.4, 0.5) is 0 Å². The summed E-state index contributed by atoms with van der Waals surface area (Å²) in [7, 11) is 0. The lowest BCUT2D eigenvalue weighted by molar-refractivity contribution is 0.0973. The summed E-state index contributed by atoms with van der Waals surface area (Å²) in [5.74, 6) is 0.00957. The molecule has 0 aliphatic heterocycles. The van der Waals surface area contributed by atoms with E-state index in [4.69, 9.17) is 0 Å². The van der Waals surface area contributed by atoms with E-state index >= 15 is 0 Å². The van der Waals surface area contributed by atoms with Crippen LogP contribution in [0.1, 0.15) is 144 Å². The van der Waals surface area contributed by atoms with Crippen LogP contribution >= 0.6 is 0 Å². The van der Waals surface area contributed by atoms with Gasteiger partial charge in [-0.2, -0.15) is 0 Å². The summed E-state index contributed by atoms with van der Waals surface area (Å²) in [6.45, 7) is 4.07. The van der Waals surface area contributed by atoms with E-state index in [1.807, 2.05) is 12.1 Å². The molecule has 0 heterocycles. The number of carbonyl (C=O) groups is 2. The molecule has 182 valence electrons. The first-order valence-electron chi connectivity index (χ1n) is 13.7. The summed E-state index contributed by atoms with van der Waals surface area (Å²) in [4.78, 5) is 25.3. The Hall–Kier alpha value is -1.96. The van der Waals surface area contributed by atoms with Crippen molar-refractivity contribution < 1.29 is 9.59 Å². The van der Waals surface area contributed by atoms with E-state index in [9.17, 15) is 9.59 Å². The summed E-state index contributed by atoms with van der Waals surface area (Å²) in [5.41, 5.74) is 2.37. The summed E-state index contributed by atoms with van der Waals surface area (Å²) < 4.78 is 0. The number of fused-ring (bicyclic) bond motifs is 1. The smallest absolute Gasteiger partial charge is 0.190 e. The lowest BCUT2D eigenvalue weighted by Crippen LogP contribution is -2.20. The number of Topliss-reactive ketones (excluding diaryl/α,β-unsaturated/α-hetero) is 2. The second kappa shape index (κ2) is 16.6. The number of hydrogen-bond donors (Lipinski definition) is 0. The molecule has 1 aromatic rings. The van der Waals surface area contributed by atoms with Crippen molar-refractivity contribution in [3.63, 3.8) is 0 Å². The number of allylic oxidation sites excluding steroid dienone is 4. The average Bonchev–Trinajstić information content (AvgIpc) is 2.83. The molecule has 0 amide bonds. The maximum Gasteiger partial charge on any atom is 0.190 e. The number of unbranched alkanes of at least 4 members (excludes halogenated alkanes) is 15. The molecular weight excluding hydrogens is 404 g/mol. The highest BCUT2D eigenvalue weighted by Crippen LogP contribution is 2.28. The minimum absolute atomic E-state index is 0.00370. The van der Waals surface area contributed by atoms with Crippen molar-refractivity contribution in [3.8, 4) is 0 Å². The summed E-state index contributed by atoms with van der Waals surface area (Å²) in [5, 5.41) is 0. The van der Waals surface area contributed by atoms with Gasteiger partial charge in [0.25, 0.3) is 0 Å². The van der Waals surface area contributed by atoms with Crippen molar-refractivity contribution in [2.45, 2.75) is 123 Å². The van der Waals surface area contributed by atoms with Gasteiger partial charge in [0, 0.05) is 22.3 Å². The summed E-state index contributed by atoms with van der Waals surface area (Å²) in [6.07, 6.45) is 26.6. The molecule has 1 aromatic carbocycles. The zero-order valence-corrected chi connectivity index (χ0v) is 21.3. The fourth-order valence-electron chi connectivity index (χ4n) is 4.75. The predicted molar refractivity (Wildman–Crippen MR) is 141 cm³/mol. The highest BCUT2D eigenvalue weighted by Gasteiger charge is 2.28. The molecule has 1 aliphatic carbocycles. The third kappa shape index (κ3) is 9.82. The van der Waals surface area contributed by atoms with Gasteiger partial charge in [-0.05, 0) is 26.2 Å². The third-order valence-corrected chi connectivity index (χ3v) is 6.95. The molecule has 0 N–H and O–H groups in total. The molecule has 0 atom stereocenters. The van der Waals surface area contributed by atoms with Gasteiger partial charge in [-0.15, -0.1) is 0 Å². The van der Waals surface area contributed by atoms with Crippen LogP contribution in [0, 0.1) is 0 Å². The molecule has 2 nitrogen and oxygen atoms in total. The lowest BCUT2D eigenvalue weighted by atomic mass is 9.83. The Morgan fingerprint density at radius 1 is 0.606 bits per heavy atom. The minimum Gasteiger partial charge on any atom is -0.289 e. The van der Waals surface area contributed by atoms with E-state index < -0.39 is 0 Å². The first kappa shape index (κ1) is 27.3. The molecule has 0 unspecified atom stereocenters. The van der Waals surface area contributed by atoms with Gasteiger partial charge in [-0.25, -0.2) is 0 Å². The van der Waals surface area contributed by atoms with Crippen molar-refractivity contribution in [2.24, 2.45) is 0 Å². The monoisotopic (exact) mass is 450 g/mol. The van der Waals surface area contributed by atoms with Crippen LogP contribution in [0.2, 0.25) is 0 Å².